The van der Waals surface area contributed by atoms with Gasteiger partial charge < -0.3 is 10.2 Å². The predicted octanol–water partition coefficient (Wildman–Crippen LogP) is 3.20. The molecule has 0 aliphatic rings. The van der Waals surface area contributed by atoms with Gasteiger partial charge in [-0.05, 0) is 13.0 Å². The molecule has 3 heteroatoms. The highest BCUT2D eigenvalue weighted by Crippen LogP contribution is 2.07. The standard InChI is InChI=1S/C15H32N2O/c1-4-5-6-7-8-9-10-11-13-16-14-12-15(18)17(2)3/h16H,4-14H2,1-3H3. The van der Waals surface area contributed by atoms with Gasteiger partial charge in [-0.2, -0.15) is 0 Å². The van der Waals surface area contributed by atoms with Gasteiger partial charge in [0, 0.05) is 27.1 Å². The van der Waals surface area contributed by atoms with Crippen molar-refractivity contribution in [3.8, 4) is 0 Å². The van der Waals surface area contributed by atoms with Crippen molar-refractivity contribution in [2.45, 2.75) is 64.7 Å². The van der Waals surface area contributed by atoms with Crippen molar-refractivity contribution >= 4 is 5.91 Å². The van der Waals surface area contributed by atoms with E-state index in [9.17, 15) is 4.79 Å². The molecule has 1 amide bonds. The zero-order valence-corrected chi connectivity index (χ0v) is 12.6. The Hall–Kier alpha value is -0.570. The van der Waals surface area contributed by atoms with E-state index in [4.69, 9.17) is 0 Å². The van der Waals surface area contributed by atoms with Crippen LogP contribution in [0.5, 0.6) is 0 Å². The summed E-state index contributed by atoms with van der Waals surface area (Å²) in [4.78, 5) is 12.9. The average molecular weight is 256 g/mol. The van der Waals surface area contributed by atoms with Crippen LogP contribution in [0.1, 0.15) is 64.7 Å². The van der Waals surface area contributed by atoms with E-state index in [0.29, 0.717) is 6.42 Å². The van der Waals surface area contributed by atoms with E-state index in [2.05, 4.69) is 12.2 Å². The number of rotatable bonds is 12. The molecule has 0 saturated carbocycles. The molecule has 0 atom stereocenters. The second kappa shape index (κ2) is 12.9. The van der Waals surface area contributed by atoms with E-state index < -0.39 is 0 Å². The van der Waals surface area contributed by atoms with Gasteiger partial charge in [0.05, 0.1) is 0 Å². The van der Waals surface area contributed by atoms with Crippen LogP contribution >= 0.6 is 0 Å². The third-order valence-corrected chi connectivity index (χ3v) is 3.22. The minimum Gasteiger partial charge on any atom is -0.349 e. The summed E-state index contributed by atoms with van der Waals surface area (Å²) in [6.07, 6.45) is 11.5. The van der Waals surface area contributed by atoms with E-state index >= 15 is 0 Å². The Morgan fingerprint density at radius 2 is 1.44 bits per heavy atom. The summed E-state index contributed by atoms with van der Waals surface area (Å²) < 4.78 is 0. The molecule has 0 spiro atoms. The summed E-state index contributed by atoms with van der Waals surface area (Å²) in [5.74, 6) is 0.207. The molecule has 0 radical (unpaired) electrons. The zero-order chi connectivity index (χ0) is 13.6. The monoisotopic (exact) mass is 256 g/mol. The SMILES string of the molecule is CCCCCCCCCCNCCC(=O)N(C)C. The molecule has 0 bridgehead atoms. The van der Waals surface area contributed by atoms with Crippen LogP contribution in [0.4, 0.5) is 0 Å². The Labute approximate surface area is 113 Å². The van der Waals surface area contributed by atoms with E-state index in [-0.39, 0.29) is 5.91 Å². The molecule has 0 aromatic heterocycles. The first-order chi connectivity index (χ1) is 8.68. The number of carbonyl (C=O) groups is 1. The molecule has 0 aliphatic heterocycles. The van der Waals surface area contributed by atoms with E-state index in [1.807, 2.05) is 0 Å². The molecule has 0 aromatic carbocycles. The molecule has 0 unspecified atom stereocenters. The lowest BCUT2D eigenvalue weighted by atomic mass is 10.1. The van der Waals surface area contributed by atoms with Crippen molar-refractivity contribution in [1.82, 2.24) is 10.2 Å². The largest absolute Gasteiger partial charge is 0.349 e. The van der Waals surface area contributed by atoms with Crippen molar-refractivity contribution in [2.75, 3.05) is 27.2 Å². The first kappa shape index (κ1) is 17.4. The number of unbranched alkanes of at least 4 members (excludes halogenated alkanes) is 7. The molecule has 0 rings (SSSR count). The Kier molecular flexibility index (Phi) is 12.5. The summed E-state index contributed by atoms with van der Waals surface area (Å²) in [5, 5.41) is 3.33. The van der Waals surface area contributed by atoms with Gasteiger partial charge in [0.2, 0.25) is 5.91 Å². The summed E-state index contributed by atoms with van der Waals surface area (Å²) in [7, 11) is 3.61. The van der Waals surface area contributed by atoms with Gasteiger partial charge in [-0.1, -0.05) is 51.9 Å². The number of hydrogen-bond donors (Lipinski definition) is 1. The number of hydrogen-bond acceptors (Lipinski definition) is 2. The van der Waals surface area contributed by atoms with Crippen molar-refractivity contribution in [3.05, 3.63) is 0 Å². The maximum atomic E-state index is 11.3. The highest BCUT2D eigenvalue weighted by Gasteiger charge is 2.01. The van der Waals surface area contributed by atoms with Gasteiger partial charge in [-0.15, -0.1) is 0 Å². The average Bonchev–Trinajstić information content (AvgIpc) is 2.35. The van der Waals surface area contributed by atoms with E-state index in [0.717, 1.165) is 13.1 Å². The molecule has 0 fully saturated rings. The van der Waals surface area contributed by atoms with Gasteiger partial charge in [-0.3, -0.25) is 4.79 Å². The van der Waals surface area contributed by atoms with Crippen molar-refractivity contribution in [2.24, 2.45) is 0 Å². The van der Waals surface area contributed by atoms with Crippen LogP contribution in [0.25, 0.3) is 0 Å². The second-order valence-corrected chi connectivity index (χ2v) is 5.26. The molecular formula is C15H32N2O. The summed E-state index contributed by atoms with van der Waals surface area (Å²) in [6.45, 7) is 4.12. The normalized spacial score (nSPS) is 10.6. The molecular weight excluding hydrogens is 224 g/mol. The lowest BCUT2D eigenvalue weighted by Gasteiger charge is -2.10. The van der Waals surface area contributed by atoms with E-state index in [1.54, 1.807) is 19.0 Å². The molecule has 0 heterocycles. The van der Waals surface area contributed by atoms with Crippen molar-refractivity contribution in [3.63, 3.8) is 0 Å². The Balaban J connectivity index is 3.05. The molecule has 3 nitrogen and oxygen atoms in total. The predicted molar refractivity (Wildman–Crippen MR) is 78.8 cm³/mol. The highest BCUT2D eigenvalue weighted by molar-refractivity contribution is 5.75. The number of nitrogens with zero attached hydrogens (tertiary/aromatic N) is 1. The van der Waals surface area contributed by atoms with Gasteiger partial charge in [0.15, 0.2) is 0 Å². The maximum Gasteiger partial charge on any atom is 0.223 e. The zero-order valence-electron chi connectivity index (χ0n) is 12.6. The Bertz CT molecular complexity index is 193. The quantitative estimate of drug-likeness (QED) is 0.544. The fourth-order valence-electron chi connectivity index (χ4n) is 1.93. The fourth-order valence-corrected chi connectivity index (χ4v) is 1.93. The van der Waals surface area contributed by atoms with Gasteiger partial charge >= 0.3 is 0 Å². The molecule has 0 aliphatic carbocycles. The number of nitrogens with one attached hydrogen (secondary N) is 1. The number of carbonyl (C=O) groups excluding carboxylic acids is 1. The van der Waals surface area contributed by atoms with Crippen LogP contribution in [0.3, 0.4) is 0 Å². The summed E-state index contributed by atoms with van der Waals surface area (Å²) in [6, 6.07) is 0. The molecule has 0 saturated heterocycles. The summed E-state index contributed by atoms with van der Waals surface area (Å²) in [5.41, 5.74) is 0. The lowest BCUT2D eigenvalue weighted by molar-refractivity contribution is -0.128. The van der Waals surface area contributed by atoms with E-state index in [1.165, 1.54) is 51.4 Å². The van der Waals surface area contributed by atoms with Crippen LogP contribution in [0, 0.1) is 0 Å². The van der Waals surface area contributed by atoms with Gasteiger partial charge in [0.25, 0.3) is 0 Å². The molecule has 1 N–H and O–H groups in total. The molecule has 108 valence electrons. The van der Waals surface area contributed by atoms with Gasteiger partial charge in [0.1, 0.15) is 0 Å². The van der Waals surface area contributed by atoms with Crippen LogP contribution < -0.4 is 5.32 Å². The highest BCUT2D eigenvalue weighted by atomic mass is 16.2. The topological polar surface area (TPSA) is 32.3 Å². The summed E-state index contributed by atoms with van der Waals surface area (Å²) >= 11 is 0. The van der Waals surface area contributed by atoms with Crippen molar-refractivity contribution < 1.29 is 4.79 Å². The third-order valence-electron chi connectivity index (χ3n) is 3.22. The first-order valence-electron chi connectivity index (χ1n) is 7.59. The second-order valence-electron chi connectivity index (χ2n) is 5.26. The Morgan fingerprint density at radius 3 is 2.00 bits per heavy atom. The minimum absolute atomic E-state index is 0.207. The van der Waals surface area contributed by atoms with Crippen LogP contribution in [-0.2, 0) is 4.79 Å². The van der Waals surface area contributed by atoms with Crippen LogP contribution in [-0.4, -0.2) is 38.0 Å². The number of amides is 1. The van der Waals surface area contributed by atoms with Crippen molar-refractivity contribution in [1.29, 1.82) is 0 Å². The smallest absolute Gasteiger partial charge is 0.223 e. The third kappa shape index (κ3) is 11.9. The molecule has 18 heavy (non-hydrogen) atoms. The van der Waals surface area contributed by atoms with Crippen LogP contribution in [0.2, 0.25) is 0 Å². The van der Waals surface area contributed by atoms with Gasteiger partial charge in [-0.25, -0.2) is 0 Å². The first-order valence-corrected chi connectivity index (χ1v) is 7.59. The van der Waals surface area contributed by atoms with Crippen LogP contribution in [0.15, 0.2) is 0 Å². The lowest BCUT2D eigenvalue weighted by Crippen LogP contribution is -2.27. The Morgan fingerprint density at radius 1 is 0.889 bits per heavy atom. The molecule has 0 aromatic rings. The fraction of sp³-hybridized carbons (Fsp3) is 0.933. The minimum atomic E-state index is 0.207. The maximum absolute atomic E-state index is 11.3.